The molecule has 0 amide bonds. The van der Waals surface area contributed by atoms with Crippen molar-refractivity contribution in [3.8, 4) is 0 Å². The van der Waals surface area contributed by atoms with E-state index in [4.69, 9.17) is 3.07 Å². The van der Waals surface area contributed by atoms with E-state index >= 15 is 0 Å². The second-order valence-corrected chi connectivity index (χ2v) is 2.88. The van der Waals surface area contributed by atoms with E-state index in [2.05, 4.69) is 6.92 Å². The molecule has 0 bridgehead atoms. The molecule has 0 saturated heterocycles. The Kier molecular flexibility index (Phi) is 8.49. The maximum atomic E-state index is 5.02. The van der Waals surface area contributed by atoms with E-state index < -0.39 is 0 Å². The van der Waals surface area contributed by atoms with Gasteiger partial charge in [0.05, 0.1) is 0 Å². The summed E-state index contributed by atoms with van der Waals surface area (Å²) in [5.41, 5.74) is 0. The van der Waals surface area contributed by atoms with Crippen LogP contribution in [0, 0.1) is 0 Å². The van der Waals surface area contributed by atoms with Crippen molar-refractivity contribution in [3.63, 3.8) is 0 Å². The SMILES string of the molecule is CCCCCC[O][SnH]. The molecule has 0 atom stereocenters. The molecule has 0 rings (SSSR count). The molecule has 0 fully saturated rings. The molecule has 0 spiro atoms. The van der Waals surface area contributed by atoms with Crippen LogP contribution in [0.5, 0.6) is 0 Å². The van der Waals surface area contributed by atoms with Crippen LogP contribution in [0.1, 0.15) is 32.6 Å². The second-order valence-electron chi connectivity index (χ2n) is 1.93. The van der Waals surface area contributed by atoms with Gasteiger partial charge in [0.1, 0.15) is 0 Å². The average molecular weight is 221 g/mol. The molecule has 0 aliphatic carbocycles. The molecule has 0 unspecified atom stereocenters. The van der Waals surface area contributed by atoms with Crippen LogP contribution in [0.4, 0.5) is 0 Å². The van der Waals surface area contributed by atoms with Crippen molar-refractivity contribution in [2.45, 2.75) is 32.6 Å². The molecule has 0 aliphatic rings. The van der Waals surface area contributed by atoms with E-state index in [0.717, 1.165) is 29.5 Å². The van der Waals surface area contributed by atoms with Crippen molar-refractivity contribution >= 4 is 22.9 Å². The third kappa shape index (κ3) is 6.76. The van der Waals surface area contributed by atoms with E-state index in [9.17, 15) is 0 Å². The summed E-state index contributed by atoms with van der Waals surface area (Å²) in [5, 5.41) is 0. The van der Waals surface area contributed by atoms with Gasteiger partial charge in [0.15, 0.2) is 0 Å². The molecule has 8 heavy (non-hydrogen) atoms. The van der Waals surface area contributed by atoms with Gasteiger partial charge in [-0.1, -0.05) is 0 Å². The van der Waals surface area contributed by atoms with Crippen molar-refractivity contribution in [1.29, 1.82) is 0 Å². The first kappa shape index (κ1) is 8.76. The minimum absolute atomic E-state index is 0.962. The van der Waals surface area contributed by atoms with Crippen LogP contribution < -0.4 is 0 Å². The van der Waals surface area contributed by atoms with Crippen LogP contribution in [0.15, 0.2) is 0 Å². The molecule has 0 aromatic heterocycles. The second kappa shape index (κ2) is 7.76. The summed E-state index contributed by atoms with van der Waals surface area (Å²) in [5.74, 6) is 0. The van der Waals surface area contributed by atoms with Gasteiger partial charge in [-0.05, 0) is 0 Å². The van der Waals surface area contributed by atoms with Crippen LogP contribution in [-0.2, 0) is 3.07 Å². The number of hydrogen-bond acceptors (Lipinski definition) is 1. The molecular weight excluding hydrogens is 207 g/mol. The summed E-state index contributed by atoms with van der Waals surface area (Å²) >= 11 is 0.962. The first-order chi connectivity index (χ1) is 3.91. The van der Waals surface area contributed by atoms with Gasteiger partial charge < -0.3 is 0 Å². The predicted octanol–water partition coefficient (Wildman–Crippen LogP) is 1.40. The molecule has 2 radical (unpaired) electrons. The Morgan fingerprint density at radius 3 is 2.50 bits per heavy atom. The van der Waals surface area contributed by atoms with E-state index in [0.29, 0.717) is 0 Å². The fourth-order valence-electron chi connectivity index (χ4n) is 0.612. The fourth-order valence-corrected chi connectivity index (χ4v) is 1.09. The van der Waals surface area contributed by atoms with Crippen LogP contribution >= 0.6 is 0 Å². The van der Waals surface area contributed by atoms with Gasteiger partial charge in [-0.15, -0.1) is 0 Å². The quantitative estimate of drug-likeness (QED) is 0.503. The van der Waals surface area contributed by atoms with Crippen molar-refractivity contribution in [3.05, 3.63) is 0 Å². The maximum absolute atomic E-state index is 5.02. The molecule has 0 aromatic carbocycles. The third-order valence-electron chi connectivity index (χ3n) is 1.12. The zero-order chi connectivity index (χ0) is 6.24. The van der Waals surface area contributed by atoms with E-state index in [1.54, 1.807) is 0 Å². The van der Waals surface area contributed by atoms with Crippen LogP contribution in [-0.4, -0.2) is 29.5 Å². The summed E-state index contributed by atoms with van der Waals surface area (Å²) in [6.07, 6.45) is 5.29. The molecule has 2 heteroatoms. The summed E-state index contributed by atoms with van der Waals surface area (Å²) in [6, 6.07) is 0. The molecule has 0 saturated carbocycles. The Hall–Kier alpha value is 0.759. The molecular formula is C6H14OSn. The number of hydrogen-bond donors (Lipinski definition) is 0. The number of unbranched alkanes of at least 4 members (excludes halogenated alkanes) is 3. The average Bonchev–Trinajstić information content (AvgIpc) is 1.81. The third-order valence-corrected chi connectivity index (χ3v) is 1.79. The Morgan fingerprint density at radius 1 is 1.25 bits per heavy atom. The molecule has 0 aromatic rings. The van der Waals surface area contributed by atoms with Gasteiger partial charge in [0.2, 0.25) is 0 Å². The first-order valence-corrected chi connectivity index (χ1v) is 4.58. The van der Waals surface area contributed by atoms with Crippen molar-refractivity contribution in [2.75, 3.05) is 6.61 Å². The zero-order valence-corrected chi connectivity index (χ0v) is 8.82. The molecule has 0 heterocycles. The van der Waals surface area contributed by atoms with Gasteiger partial charge in [0, 0.05) is 0 Å². The fraction of sp³-hybridized carbons (Fsp3) is 1.00. The van der Waals surface area contributed by atoms with Gasteiger partial charge in [0.25, 0.3) is 0 Å². The van der Waals surface area contributed by atoms with Gasteiger partial charge in [-0.25, -0.2) is 0 Å². The molecule has 48 valence electrons. The van der Waals surface area contributed by atoms with Crippen LogP contribution in [0.3, 0.4) is 0 Å². The normalized spacial score (nSPS) is 9.75. The van der Waals surface area contributed by atoms with Crippen molar-refractivity contribution in [2.24, 2.45) is 0 Å². The van der Waals surface area contributed by atoms with Gasteiger partial charge in [-0.3, -0.25) is 0 Å². The Balaban J connectivity index is 2.53. The topological polar surface area (TPSA) is 9.23 Å². The summed E-state index contributed by atoms with van der Waals surface area (Å²) in [7, 11) is 0. The molecule has 0 N–H and O–H groups in total. The van der Waals surface area contributed by atoms with E-state index in [-0.39, 0.29) is 0 Å². The first-order valence-electron chi connectivity index (χ1n) is 3.23. The van der Waals surface area contributed by atoms with E-state index in [1.807, 2.05) is 0 Å². The minimum atomic E-state index is 0.962. The van der Waals surface area contributed by atoms with E-state index in [1.165, 1.54) is 25.7 Å². The Morgan fingerprint density at radius 2 is 2.00 bits per heavy atom. The van der Waals surface area contributed by atoms with Crippen LogP contribution in [0.25, 0.3) is 0 Å². The van der Waals surface area contributed by atoms with Gasteiger partial charge >= 0.3 is 65.2 Å². The van der Waals surface area contributed by atoms with Crippen LogP contribution in [0.2, 0.25) is 0 Å². The zero-order valence-electron chi connectivity index (χ0n) is 5.52. The van der Waals surface area contributed by atoms with Crippen molar-refractivity contribution < 1.29 is 3.07 Å². The van der Waals surface area contributed by atoms with Crippen molar-refractivity contribution in [1.82, 2.24) is 0 Å². The molecule has 0 aliphatic heterocycles. The standard InChI is InChI=1S/C6H13O.Sn.H/c1-2-3-4-5-6-7;;/h2-6H2,1H3;;/q-1;+1;. The monoisotopic (exact) mass is 222 g/mol. The van der Waals surface area contributed by atoms with Gasteiger partial charge in [-0.2, -0.15) is 0 Å². The summed E-state index contributed by atoms with van der Waals surface area (Å²) in [4.78, 5) is 0. The summed E-state index contributed by atoms with van der Waals surface area (Å²) in [6.45, 7) is 3.21. The Labute approximate surface area is 65.4 Å². The predicted molar refractivity (Wildman–Crippen MR) is 37.2 cm³/mol. The Bertz CT molecular complexity index is 33.5. The molecule has 1 nitrogen and oxygen atoms in total. The number of rotatable bonds is 5. The summed E-state index contributed by atoms with van der Waals surface area (Å²) < 4.78 is 5.02.